The van der Waals surface area contributed by atoms with Crippen LogP contribution in [0.3, 0.4) is 0 Å². The summed E-state index contributed by atoms with van der Waals surface area (Å²) in [5.41, 5.74) is 4.50. The average Bonchev–Trinajstić information content (AvgIpc) is 2.75. The van der Waals surface area contributed by atoms with Crippen LogP contribution in [0.2, 0.25) is 0 Å². The maximum absolute atomic E-state index is 9.72. The van der Waals surface area contributed by atoms with E-state index in [9.17, 15) is 15.3 Å². The minimum atomic E-state index is -0.495. The third-order valence-electron chi connectivity index (χ3n) is 5.46. The summed E-state index contributed by atoms with van der Waals surface area (Å²) >= 11 is 0. The Labute approximate surface area is 170 Å². The van der Waals surface area contributed by atoms with Crippen LogP contribution in [0.4, 0.5) is 0 Å². The predicted molar refractivity (Wildman–Crippen MR) is 114 cm³/mol. The van der Waals surface area contributed by atoms with Crippen LogP contribution in [0.15, 0.2) is 91.0 Å². The molecule has 0 saturated carbocycles. The van der Waals surface area contributed by atoms with Crippen molar-refractivity contribution in [2.45, 2.75) is 12.3 Å². The third kappa shape index (κ3) is 3.55. The van der Waals surface area contributed by atoms with Crippen LogP contribution in [-0.4, -0.2) is 15.3 Å². The monoisotopic (exact) mass is 381 g/mol. The summed E-state index contributed by atoms with van der Waals surface area (Å²) in [6.07, 6.45) is 0. The zero-order chi connectivity index (χ0) is 20.4. The van der Waals surface area contributed by atoms with Crippen molar-refractivity contribution in [3.05, 3.63) is 114 Å². The molecule has 29 heavy (non-hydrogen) atoms. The minimum Gasteiger partial charge on any atom is -0.508 e. The van der Waals surface area contributed by atoms with E-state index in [0.29, 0.717) is 0 Å². The second-order valence-corrected chi connectivity index (χ2v) is 7.26. The van der Waals surface area contributed by atoms with E-state index >= 15 is 0 Å². The van der Waals surface area contributed by atoms with Crippen molar-refractivity contribution in [3.8, 4) is 28.4 Å². The van der Waals surface area contributed by atoms with Crippen molar-refractivity contribution >= 4 is 0 Å². The summed E-state index contributed by atoms with van der Waals surface area (Å²) in [4.78, 5) is 0. The van der Waals surface area contributed by atoms with Gasteiger partial charge in [0.25, 0.3) is 0 Å². The van der Waals surface area contributed by atoms with Gasteiger partial charge in [0.2, 0.25) is 0 Å². The first-order valence-electron chi connectivity index (χ1n) is 9.37. The van der Waals surface area contributed by atoms with Crippen LogP contribution in [0.25, 0.3) is 11.1 Å². The number of rotatable bonds is 4. The molecule has 0 aliphatic carbocycles. The summed E-state index contributed by atoms with van der Waals surface area (Å²) in [5.74, 6) is 0.671. The number of benzene rings is 4. The van der Waals surface area contributed by atoms with Gasteiger partial charge in [-0.1, -0.05) is 48.5 Å². The molecule has 4 rings (SSSR count). The van der Waals surface area contributed by atoms with Crippen LogP contribution in [0.1, 0.15) is 23.6 Å². The van der Waals surface area contributed by atoms with E-state index in [1.165, 1.54) is 0 Å². The zero-order valence-corrected chi connectivity index (χ0v) is 16.0. The average molecular weight is 381 g/mol. The molecule has 0 saturated heterocycles. The van der Waals surface area contributed by atoms with Gasteiger partial charge >= 0.3 is 0 Å². The molecule has 143 valence electrons. The lowest BCUT2D eigenvalue weighted by Crippen LogP contribution is -2.25. The van der Waals surface area contributed by atoms with Crippen LogP contribution < -0.4 is 0 Å². The minimum absolute atomic E-state index is 0.219. The van der Waals surface area contributed by atoms with Crippen LogP contribution in [0.5, 0.6) is 17.2 Å². The van der Waals surface area contributed by atoms with E-state index < -0.39 is 5.41 Å². The quantitative estimate of drug-likeness (QED) is 0.402. The molecule has 0 atom stereocenters. The molecular weight excluding hydrogens is 360 g/mol. The Balaban J connectivity index is 1.81. The van der Waals surface area contributed by atoms with E-state index in [2.05, 4.69) is 19.1 Å². The molecule has 0 aliphatic heterocycles. The first-order valence-corrected chi connectivity index (χ1v) is 9.37. The summed E-state index contributed by atoms with van der Waals surface area (Å²) in [6, 6.07) is 30.8. The van der Waals surface area contributed by atoms with E-state index in [1.54, 1.807) is 36.4 Å². The van der Waals surface area contributed by atoms with Gasteiger partial charge in [-0.3, -0.25) is 0 Å². The largest absolute Gasteiger partial charge is 0.508 e. The smallest absolute Gasteiger partial charge is 0.115 e. The molecule has 3 nitrogen and oxygen atoms in total. The summed E-state index contributed by atoms with van der Waals surface area (Å²) in [7, 11) is 0. The molecule has 1 radical (unpaired) electrons. The van der Waals surface area contributed by atoms with E-state index in [0.717, 1.165) is 27.8 Å². The molecule has 0 heterocycles. The van der Waals surface area contributed by atoms with Gasteiger partial charge in [-0.05, 0) is 83.3 Å². The maximum Gasteiger partial charge on any atom is 0.115 e. The van der Waals surface area contributed by atoms with Gasteiger partial charge in [-0.2, -0.15) is 0 Å². The van der Waals surface area contributed by atoms with Crippen molar-refractivity contribution in [1.29, 1.82) is 0 Å². The number of aromatic hydroxyl groups is 3. The highest BCUT2D eigenvalue weighted by molar-refractivity contribution is 5.65. The Kier molecular flexibility index (Phi) is 4.73. The Morgan fingerprint density at radius 1 is 0.552 bits per heavy atom. The Hall–Kier alpha value is -3.72. The van der Waals surface area contributed by atoms with Crippen molar-refractivity contribution < 1.29 is 15.3 Å². The molecule has 0 fully saturated rings. The van der Waals surface area contributed by atoms with Gasteiger partial charge < -0.3 is 15.3 Å². The van der Waals surface area contributed by atoms with E-state index in [-0.39, 0.29) is 17.2 Å². The van der Waals surface area contributed by atoms with Crippen molar-refractivity contribution in [2.75, 3.05) is 0 Å². The van der Waals surface area contributed by atoms with Crippen LogP contribution in [0, 0.1) is 6.07 Å². The molecular formula is C26H21O3. The van der Waals surface area contributed by atoms with Gasteiger partial charge in [0.15, 0.2) is 0 Å². The molecule has 0 bridgehead atoms. The molecule has 0 aliphatic rings. The first-order chi connectivity index (χ1) is 14.0. The summed E-state index contributed by atoms with van der Waals surface area (Å²) < 4.78 is 0. The molecule has 0 aromatic heterocycles. The standard InChI is InChI=1S/C26H21O3/c1-26(21-8-14-24(28)15-9-21,22-10-16-25(29)17-11-22)20-6-2-18(3-7-20)19-4-12-23(27)13-5-19/h2,4-17,27-29H,1H3. The SMILES string of the molecule is CC(c1c[c]c(-c2ccc(O)cc2)cc1)(c1ccc(O)cc1)c1ccc(O)cc1. The topological polar surface area (TPSA) is 60.7 Å². The van der Waals surface area contributed by atoms with E-state index in [1.807, 2.05) is 48.5 Å². The molecule has 0 unspecified atom stereocenters. The van der Waals surface area contributed by atoms with Gasteiger partial charge in [0, 0.05) is 5.41 Å². The third-order valence-corrected chi connectivity index (χ3v) is 5.46. The molecule has 3 N–H and O–H groups in total. The number of hydrogen-bond acceptors (Lipinski definition) is 3. The normalized spacial score (nSPS) is 11.3. The predicted octanol–water partition coefficient (Wildman–Crippen LogP) is 5.62. The lowest BCUT2D eigenvalue weighted by molar-refractivity contribution is 0.474. The Morgan fingerprint density at radius 3 is 1.38 bits per heavy atom. The highest BCUT2D eigenvalue weighted by Crippen LogP contribution is 2.40. The second-order valence-electron chi connectivity index (χ2n) is 7.26. The number of phenols is 3. The molecule has 0 spiro atoms. The fourth-order valence-corrected chi connectivity index (χ4v) is 3.65. The van der Waals surface area contributed by atoms with E-state index in [4.69, 9.17) is 0 Å². The Morgan fingerprint density at radius 2 is 0.966 bits per heavy atom. The lowest BCUT2D eigenvalue weighted by Gasteiger charge is -2.32. The first kappa shape index (κ1) is 18.6. The lowest BCUT2D eigenvalue weighted by atomic mass is 9.71. The summed E-state index contributed by atoms with van der Waals surface area (Å²) in [5, 5.41) is 28.9. The van der Waals surface area contributed by atoms with Crippen molar-refractivity contribution in [1.82, 2.24) is 0 Å². The van der Waals surface area contributed by atoms with Crippen molar-refractivity contribution in [3.63, 3.8) is 0 Å². The maximum atomic E-state index is 9.72. The second kappa shape index (κ2) is 7.36. The number of phenolic OH excluding ortho intramolecular Hbond substituents is 3. The molecule has 4 aromatic carbocycles. The van der Waals surface area contributed by atoms with Gasteiger partial charge in [-0.25, -0.2) is 0 Å². The van der Waals surface area contributed by atoms with Gasteiger partial charge in [0.05, 0.1) is 0 Å². The zero-order valence-electron chi connectivity index (χ0n) is 16.0. The van der Waals surface area contributed by atoms with Gasteiger partial charge in [-0.15, -0.1) is 0 Å². The summed E-state index contributed by atoms with van der Waals surface area (Å²) in [6.45, 7) is 2.12. The van der Waals surface area contributed by atoms with Crippen LogP contribution in [-0.2, 0) is 5.41 Å². The highest BCUT2D eigenvalue weighted by atomic mass is 16.3. The molecule has 0 amide bonds. The van der Waals surface area contributed by atoms with Gasteiger partial charge in [0.1, 0.15) is 17.2 Å². The molecule has 4 aromatic rings. The number of hydrogen-bond donors (Lipinski definition) is 3. The van der Waals surface area contributed by atoms with Crippen molar-refractivity contribution in [2.24, 2.45) is 0 Å². The fourth-order valence-electron chi connectivity index (χ4n) is 3.65. The highest BCUT2D eigenvalue weighted by Gasteiger charge is 2.31. The Bertz CT molecular complexity index is 1050. The van der Waals surface area contributed by atoms with Crippen LogP contribution >= 0.6 is 0 Å². The molecule has 3 heteroatoms. The fraction of sp³-hybridized carbons (Fsp3) is 0.0769.